The molecule has 2 aromatic heterocycles. The van der Waals surface area contributed by atoms with Crippen molar-refractivity contribution in [2.24, 2.45) is 5.73 Å². The van der Waals surface area contributed by atoms with Crippen LogP contribution in [-0.4, -0.2) is 60.1 Å². The molecule has 0 aliphatic carbocycles. The fourth-order valence-electron chi connectivity index (χ4n) is 4.01. The van der Waals surface area contributed by atoms with Gasteiger partial charge in [0.2, 0.25) is 5.88 Å². The smallest absolute Gasteiger partial charge is 0.405 e. The topological polar surface area (TPSA) is 132 Å². The molecule has 5 N–H and O–H groups in total. The Bertz CT molecular complexity index is 1060. The molecule has 0 saturated heterocycles. The number of aryl methyl sites for hydroxylation is 1. The molecular weight excluding hydrogens is 491 g/mol. The van der Waals surface area contributed by atoms with Gasteiger partial charge in [-0.15, -0.1) is 0 Å². The Hall–Kier alpha value is -3.54. The van der Waals surface area contributed by atoms with Crippen LogP contribution in [0.25, 0.3) is 0 Å². The summed E-state index contributed by atoms with van der Waals surface area (Å²) in [7, 11) is 1.46. The molecule has 37 heavy (non-hydrogen) atoms. The van der Waals surface area contributed by atoms with E-state index in [1.807, 2.05) is 12.1 Å². The lowest BCUT2D eigenvalue weighted by molar-refractivity contribution is -0.137. The van der Waals surface area contributed by atoms with Crippen molar-refractivity contribution < 1.29 is 32.5 Å². The highest BCUT2D eigenvalue weighted by Gasteiger charge is 2.27. The first kappa shape index (κ1) is 28.0. The van der Waals surface area contributed by atoms with E-state index in [4.69, 9.17) is 15.2 Å². The first-order valence-electron chi connectivity index (χ1n) is 12.0. The summed E-state index contributed by atoms with van der Waals surface area (Å²) in [4.78, 5) is 20.1. The fraction of sp³-hybridized carbons (Fsp3) is 0.480. The van der Waals surface area contributed by atoms with E-state index >= 15 is 0 Å². The summed E-state index contributed by atoms with van der Waals surface area (Å²) in [6, 6.07) is 6.39. The highest BCUT2D eigenvalue weighted by Crippen LogP contribution is 2.26. The number of methoxy groups -OCH3 is 1. The predicted molar refractivity (Wildman–Crippen MR) is 131 cm³/mol. The van der Waals surface area contributed by atoms with E-state index in [0.29, 0.717) is 17.9 Å². The molecule has 0 bridgehead atoms. The van der Waals surface area contributed by atoms with E-state index < -0.39 is 30.7 Å². The Morgan fingerprint density at radius 1 is 1.32 bits per heavy atom. The first-order chi connectivity index (χ1) is 17.6. The van der Waals surface area contributed by atoms with Gasteiger partial charge in [0.25, 0.3) is 0 Å². The quantitative estimate of drug-likeness (QED) is 0.292. The normalized spacial score (nSPS) is 15.2. The Morgan fingerprint density at radius 2 is 2.14 bits per heavy atom. The van der Waals surface area contributed by atoms with Crippen LogP contribution in [0.5, 0.6) is 5.88 Å². The highest BCUT2D eigenvalue weighted by atomic mass is 19.4. The lowest BCUT2D eigenvalue weighted by atomic mass is 9.90. The minimum Gasteiger partial charge on any atom is -0.481 e. The monoisotopic (exact) mass is 523 g/mol. The van der Waals surface area contributed by atoms with Gasteiger partial charge in [-0.05, 0) is 48.4 Å². The number of halogens is 3. The zero-order valence-electron chi connectivity index (χ0n) is 20.6. The number of aliphatic carboxylic acids is 1. The molecular formula is C25H32F3N5O4. The molecule has 0 fully saturated rings. The molecule has 0 aromatic carbocycles. The average Bonchev–Trinajstić information content (AvgIpc) is 2.86. The number of fused-ring (bicyclic) bond motifs is 1. The van der Waals surface area contributed by atoms with E-state index in [9.17, 15) is 23.1 Å². The largest absolute Gasteiger partial charge is 0.481 e. The minimum absolute atomic E-state index is 0.0795. The van der Waals surface area contributed by atoms with Crippen molar-refractivity contribution >= 4 is 11.8 Å². The van der Waals surface area contributed by atoms with Crippen LogP contribution in [-0.2, 0) is 22.4 Å². The number of alkyl halides is 3. The third-order valence-electron chi connectivity index (χ3n) is 5.81. The van der Waals surface area contributed by atoms with Crippen molar-refractivity contribution in [1.29, 1.82) is 0 Å². The molecule has 1 aliphatic rings. The van der Waals surface area contributed by atoms with Crippen molar-refractivity contribution in [1.82, 2.24) is 15.3 Å². The summed E-state index contributed by atoms with van der Waals surface area (Å²) >= 11 is 0. The standard InChI is InChI=1S/C25H32F3N5O4/c1-36-21-7-5-17(14-31-21)18(12-23(34)35)11-19(29)13-22(32-15-25(26,27)28)37-10-8-20-6-4-16-3-2-9-30-24(16)33-20/h4-7,13-14,18-19,32H,2-3,8-12,15,29H2,1H3,(H,30,33)(H,34,35)/b22-13+. The zero-order chi connectivity index (χ0) is 26.8. The summed E-state index contributed by atoms with van der Waals surface area (Å²) in [5.74, 6) is -0.468. The Morgan fingerprint density at radius 3 is 2.81 bits per heavy atom. The van der Waals surface area contributed by atoms with Gasteiger partial charge in [-0.2, -0.15) is 13.2 Å². The Kier molecular flexibility index (Phi) is 9.95. The van der Waals surface area contributed by atoms with Crippen LogP contribution < -0.4 is 21.1 Å². The van der Waals surface area contributed by atoms with Gasteiger partial charge >= 0.3 is 12.1 Å². The maximum atomic E-state index is 12.9. The number of ether oxygens (including phenoxy) is 2. The fourth-order valence-corrected chi connectivity index (χ4v) is 4.01. The van der Waals surface area contributed by atoms with Crippen molar-refractivity contribution in [2.45, 2.75) is 50.2 Å². The second kappa shape index (κ2) is 13.1. The first-order valence-corrected chi connectivity index (χ1v) is 12.0. The molecule has 0 saturated carbocycles. The number of hydrogen-bond donors (Lipinski definition) is 4. The van der Waals surface area contributed by atoms with Crippen molar-refractivity contribution in [3.8, 4) is 5.88 Å². The van der Waals surface area contributed by atoms with Crippen LogP contribution in [0.4, 0.5) is 19.0 Å². The van der Waals surface area contributed by atoms with Crippen LogP contribution in [0.3, 0.4) is 0 Å². The van der Waals surface area contributed by atoms with E-state index in [2.05, 4.69) is 20.6 Å². The number of nitrogens with two attached hydrogens (primary N) is 1. The maximum Gasteiger partial charge on any atom is 0.405 e. The molecule has 12 heteroatoms. The molecule has 2 unspecified atom stereocenters. The van der Waals surface area contributed by atoms with Gasteiger partial charge in [0, 0.05) is 37.0 Å². The molecule has 2 atom stereocenters. The number of hydrogen-bond acceptors (Lipinski definition) is 8. The highest BCUT2D eigenvalue weighted by molar-refractivity contribution is 5.68. The number of carboxylic acids is 1. The molecule has 1 aliphatic heterocycles. The van der Waals surface area contributed by atoms with Crippen LogP contribution in [0.2, 0.25) is 0 Å². The number of rotatable bonds is 13. The second-order valence-corrected chi connectivity index (χ2v) is 8.77. The van der Waals surface area contributed by atoms with Crippen LogP contribution in [0, 0.1) is 0 Å². The van der Waals surface area contributed by atoms with E-state index in [0.717, 1.165) is 36.5 Å². The Labute approximate surface area is 213 Å². The van der Waals surface area contributed by atoms with E-state index in [1.54, 1.807) is 12.1 Å². The third kappa shape index (κ3) is 9.45. The lowest BCUT2D eigenvalue weighted by Gasteiger charge is -2.20. The minimum atomic E-state index is -4.46. The number of carboxylic acid groups (broad SMARTS) is 1. The summed E-state index contributed by atoms with van der Waals surface area (Å²) in [6.07, 6.45) is 0.695. The van der Waals surface area contributed by atoms with Crippen LogP contribution in [0.1, 0.15) is 42.0 Å². The van der Waals surface area contributed by atoms with E-state index in [-0.39, 0.29) is 25.3 Å². The summed E-state index contributed by atoms with van der Waals surface area (Å²) in [5.41, 5.74) is 8.72. The van der Waals surface area contributed by atoms with Gasteiger partial charge in [0.1, 0.15) is 12.4 Å². The second-order valence-electron chi connectivity index (χ2n) is 8.77. The van der Waals surface area contributed by atoms with Gasteiger partial charge in [0.15, 0.2) is 5.88 Å². The van der Waals surface area contributed by atoms with Gasteiger partial charge in [-0.25, -0.2) is 9.97 Å². The third-order valence-corrected chi connectivity index (χ3v) is 5.81. The van der Waals surface area contributed by atoms with Gasteiger partial charge < -0.3 is 30.9 Å². The molecule has 0 radical (unpaired) electrons. The van der Waals surface area contributed by atoms with Crippen LogP contribution >= 0.6 is 0 Å². The predicted octanol–water partition coefficient (Wildman–Crippen LogP) is 3.37. The van der Waals surface area contributed by atoms with Crippen molar-refractivity contribution in [3.63, 3.8) is 0 Å². The molecule has 202 valence electrons. The molecule has 2 aromatic rings. The molecule has 3 rings (SSSR count). The SMILES string of the molecule is COc1ccc(C(CC(=O)O)CC(N)/C=C(\NCC(F)(F)F)OCCc2ccc3c(n2)NCCC3)cn1. The molecule has 0 amide bonds. The van der Waals surface area contributed by atoms with Crippen LogP contribution in [0.15, 0.2) is 42.4 Å². The zero-order valence-corrected chi connectivity index (χ0v) is 20.6. The lowest BCUT2D eigenvalue weighted by Crippen LogP contribution is -2.31. The van der Waals surface area contributed by atoms with Gasteiger partial charge in [-0.3, -0.25) is 4.79 Å². The number of aromatic nitrogens is 2. The van der Waals surface area contributed by atoms with E-state index in [1.165, 1.54) is 19.4 Å². The van der Waals surface area contributed by atoms with Gasteiger partial charge in [-0.1, -0.05) is 12.1 Å². The molecule has 9 nitrogen and oxygen atoms in total. The molecule has 3 heterocycles. The number of nitrogens with zero attached hydrogens (tertiary/aromatic N) is 2. The van der Waals surface area contributed by atoms with Crippen molar-refractivity contribution in [2.75, 3.05) is 32.1 Å². The summed E-state index contributed by atoms with van der Waals surface area (Å²) in [6.45, 7) is -0.370. The number of pyridine rings is 2. The maximum absolute atomic E-state index is 12.9. The molecule has 0 spiro atoms. The average molecular weight is 524 g/mol. The summed E-state index contributed by atoms with van der Waals surface area (Å²) in [5, 5.41) is 14.8. The van der Waals surface area contributed by atoms with Crippen molar-refractivity contribution in [3.05, 3.63) is 59.2 Å². The number of anilines is 1. The Balaban J connectivity index is 1.67. The van der Waals surface area contributed by atoms with Gasteiger partial charge in [0.05, 0.1) is 20.1 Å². The summed E-state index contributed by atoms with van der Waals surface area (Å²) < 4.78 is 49.2. The number of nitrogens with one attached hydrogen (secondary N) is 2. The number of carbonyl (C=O) groups is 1.